The van der Waals surface area contributed by atoms with Gasteiger partial charge in [0, 0.05) is 17.5 Å². The van der Waals surface area contributed by atoms with Crippen molar-refractivity contribution in [2.45, 2.75) is 11.8 Å². The summed E-state index contributed by atoms with van der Waals surface area (Å²) >= 11 is 6.09. The van der Waals surface area contributed by atoms with Gasteiger partial charge in [0.1, 0.15) is 5.75 Å². The molecule has 0 radical (unpaired) electrons. The smallest absolute Gasteiger partial charge is 0.434 e. The second kappa shape index (κ2) is 9.21. The molecule has 2 aromatic heterocycles. The fraction of sp³-hybridized carbons (Fsp3) is 0.143. The molecule has 1 unspecified atom stereocenters. The van der Waals surface area contributed by atoms with Crippen LogP contribution in [0.4, 0.5) is 13.2 Å². The van der Waals surface area contributed by atoms with Crippen molar-refractivity contribution in [2.24, 2.45) is 7.05 Å². The van der Waals surface area contributed by atoms with E-state index in [0.29, 0.717) is 32.8 Å². The average Bonchev–Trinajstić information content (AvgIpc) is 3.33. The zero-order chi connectivity index (χ0) is 26.4. The summed E-state index contributed by atoms with van der Waals surface area (Å²) in [5, 5.41) is 13.0. The Balaban J connectivity index is 1.84. The molecule has 5 aromatic rings. The average molecular weight is 524 g/mol. The number of hydrogen-bond donors (Lipinski definition) is 1. The van der Waals surface area contributed by atoms with Crippen LogP contribution < -0.4 is 4.74 Å². The number of aliphatic hydroxyl groups is 1. The predicted molar refractivity (Wildman–Crippen MR) is 135 cm³/mol. The number of halogens is 4. The Labute approximate surface area is 215 Å². The standard InChI is InChI=1S/C28H21ClF3N3O2/c1-35-16-33-15-23(35)27(36,18-8-11-20(29)12-9-18)19-10-13-22-21(14-19)25(37-2)24(17-6-4-3-5-7-17)26(34-22)28(30,31)32/h3-16,36H,1-2H3. The minimum Gasteiger partial charge on any atom is -0.495 e. The van der Waals surface area contributed by atoms with Crippen LogP contribution in [0.25, 0.3) is 22.0 Å². The molecule has 0 spiro atoms. The zero-order valence-corrected chi connectivity index (χ0v) is 20.5. The van der Waals surface area contributed by atoms with E-state index in [1.54, 1.807) is 84.7 Å². The van der Waals surface area contributed by atoms with Crippen molar-refractivity contribution in [1.29, 1.82) is 0 Å². The van der Waals surface area contributed by atoms with Crippen molar-refractivity contribution < 1.29 is 23.0 Å². The molecule has 1 atom stereocenters. The molecule has 0 saturated heterocycles. The fourth-order valence-electron chi connectivity index (χ4n) is 4.61. The molecule has 0 aliphatic carbocycles. The molecular weight excluding hydrogens is 503 g/mol. The Bertz CT molecular complexity index is 1580. The lowest BCUT2D eigenvalue weighted by molar-refractivity contribution is -0.140. The number of imidazole rings is 1. The number of nitrogens with zero attached hydrogens (tertiary/aromatic N) is 3. The molecule has 0 aliphatic heterocycles. The molecule has 37 heavy (non-hydrogen) atoms. The van der Waals surface area contributed by atoms with Gasteiger partial charge in [0.2, 0.25) is 0 Å². The highest BCUT2D eigenvalue weighted by Gasteiger charge is 2.40. The summed E-state index contributed by atoms with van der Waals surface area (Å²) in [4.78, 5) is 8.16. The molecule has 3 aromatic carbocycles. The second-order valence-electron chi connectivity index (χ2n) is 8.57. The van der Waals surface area contributed by atoms with Crippen molar-refractivity contribution in [3.63, 3.8) is 0 Å². The maximum absolute atomic E-state index is 14.2. The number of methoxy groups -OCH3 is 1. The van der Waals surface area contributed by atoms with Crippen LogP contribution in [0.5, 0.6) is 5.75 Å². The molecule has 0 saturated carbocycles. The summed E-state index contributed by atoms with van der Waals surface area (Å²) < 4.78 is 49.7. The highest BCUT2D eigenvalue weighted by atomic mass is 35.5. The normalized spacial score (nSPS) is 13.5. The lowest BCUT2D eigenvalue weighted by atomic mass is 9.82. The SMILES string of the molecule is COc1c(-c2ccccc2)c(C(F)(F)F)nc2ccc(C(O)(c3ccc(Cl)cc3)c3cncn3C)cc12. The van der Waals surface area contributed by atoms with E-state index in [1.165, 1.54) is 19.4 Å². The quantitative estimate of drug-likeness (QED) is 0.282. The number of ether oxygens (including phenoxy) is 1. The Morgan fingerprint density at radius 3 is 2.22 bits per heavy atom. The number of fused-ring (bicyclic) bond motifs is 1. The molecule has 5 rings (SSSR count). The first-order valence-corrected chi connectivity index (χ1v) is 11.6. The van der Waals surface area contributed by atoms with Gasteiger partial charge < -0.3 is 14.4 Å². The number of hydrogen-bond acceptors (Lipinski definition) is 4. The monoisotopic (exact) mass is 523 g/mol. The molecule has 5 nitrogen and oxygen atoms in total. The highest BCUT2D eigenvalue weighted by Crippen LogP contribution is 2.46. The van der Waals surface area contributed by atoms with Crippen LogP contribution in [0.2, 0.25) is 5.02 Å². The number of aromatic nitrogens is 3. The van der Waals surface area contributed by atoms with E-state index in [1.807, 2.05) is 0 Å². The van der Waals surface area contributed by atoms with E-state index < -0.39 is 17.5 Å². The summed E-state index contributed by atoms with van der Waals surface area (Å²) in [6.07, 6.45) is -1.62. The zero-order valence-electron chi connectivity index (χ0n) is 19.8. The summed E-state index contributed by atoms with van der Waals surface area (Å²) in [7, 11) is 3.07. The summed E-state index contributed by atoms with van der Waals surface area (Å²) in [6.45, 7) is 0. The van der Waals surface area contributed by atoms with Gasteiger partial charge in [-0.3, -0.25) is 0 Å². The molecular formula is C28H21ClF3N3O2. The van der Waals surface area contributed by atoms with E-state index in [-0.39, 0.29) is 16.8 Å². The summed E-state index contributed by atoms with van der Waals surface area (Å²) in [5.41, 5.74) is -1.18. The minimum absolute atomic E-state index is 0.00818. The van der Waals surface area contributed by atoms with Gasteiger partial charge in [0.05, 0.1) is 36.4 Å². The lowest BCUT2D eigenvalue weighted by Crippen LogP contribution is -2.31. The molecule has 0 aliphatic rings. The number of benzene rings is 3. The Kier molecular flexibility index (Phi) is 6.17. The van der Waals surface area contributed by atoms with E-state index in [9.17, 15) is 18.3 Å². The minimum atomic E-state index is -4.72. The van der Waals surface area contributed by atoms with E-state index >= 15 is 0 Å². The van der Waals surface area contributed by atoms with E-state index in [0.717, 1.165) is 0 Å². The first kappa shape index (κ1) is 24.8. The number of pyridine rings is 1. The predicted octanol–water partition coefficient (Wildman–Crippen LogP) is 6.60. The second-order valence-corrected chi connectivity index (χ2v) is 9.01. The van der Waals surface area contributed by atoms with Gasteiger partial charge in [-0.15, -0.1) is 0 Å². The van der Waals surface area contributed by atoms with Gasteiger partial charge in [-0.05, 0) is 41.0 Å². The third-order valence-corrected chi connectivity index (χ3v) is 6.59. The van der Waals surface area contributed by atoms with Crippen molar-refractivity contribution in [3.05, 3.63) is 113 Å². The van der Waals surface area contributed by atoms with Crippen molar-refractivity contribution in [3.8, 4) is 16.9 Å². The first-order chi connectivity index (χ1) is 17.6. The van der Waals surface area contributed by atoms with E-state index in [2.05, 4.69) is 9.97 Å². The Morgan fingerprint density at radius 1 is 0.946 bits per heavy atom. The van der Waals surface area contributed by atoms with Crippen LogP contribution in [0.1, 0.15) is 22.5 Å². The number of rotatable bonds is 5. The van der Waals surface area contributed by atoms with Gasteiger partial charge in [0.15, 0.2) is 11.3 Å². The molecule has 0 bridgehead atoms. The van der Waals surface area contributed by atoms with Crippen LogP contribution in [-0.2, 0) is 18.8 Å². The fourth-order valence-corrected chi connectivity index (χ4v) is 4.73. The van der Waals surface area contributed by atoms with Gasteiger partial charge in [0.25, 0.3) is 0 Å². The number of alkyl halides is 3. The molecule has 1 N–H and O–H groups in total. The Morgan fingerprint density at radius 2 is 1.62 bits per heavy atom. The van der Waals surface area contributed by atoms with Crippen molar-refractivity contribution >= 4 is 22.5 Å². The van der Waals surface area contributed by atoms with Gasteiger partial charge >= 0.3 is 6.18 Å². The molecule has 2 heterocycles. The summed E-state index contributed by atoms with van der Waals surface area (Å²) in [6, 6.07) is 19.5. The van der Waals surface area contributed by atoms with Gasteiger partial charge in [-0.25, -0.2) is 9.97 Å². The third kappa shape index (κ3) is 4.22. The van der Waals surface area contributed by atoms with Crippen LogP contribution in [-0.4, -0.2) is 26.8 Å². The van der Waals surface area contributed by atoms with Crippen LogP contribution in [0, 0.1) is 0 Å². The van der Waals surface area contributed by atoms with E-state index in [4.69, 9.17) is 16.3 Å². The van der Waals surface area contributed by atoms with Crippen molar-refractivity contribution in [2.75, 3.05) is 7.11 Å². The molecule has 188 valence electrons. The summed E-state index contributed by atoms with van der Waals surface area (Å²) in [5.74, 6) is 0.00818. The van der Waals surface area contributed by atoms with Crippen LogP contribution in [0.3, 0.4) is 0 Å². The third-order valence-electron chi connectivity index (χ3n) is 6.34. The number of aryl methyl sites for hydroxylation is 1. The lowest BCUT2D eigenvalue weighted by Gasteiger charge is -2.30. The maximum Gasteiger partial charge on any atom is 0.434 e. The highest BCUT2D eigenvalue weighted by molar-refractivity contribution is 6.30. The van der Waals surface area contributed by atoms with Crippen molar-refractivity contribution in [1.82, 2.24) is 14.5 Å². The molecule has 9 heteroatoms. The molecule has 0 fully saturated rings. The first-order valence-electron chi connectivity index (χ1n) is 11.2. The Hall–Kier alpha value is -3.88. The topological polar surface area (TPSA) is 60.2 Å². The van der Waals surface area contributed by atoms with Gasteiger partial charge in [-0.1, -0.05) is 60.1 Å². The van der Waals surface area contributed by atoms with Crippen LogP contribution in [0.15, 0.2) is 85.3 Å². The maximum atomic E-state index is 14.2. The van der Waals surface area contributed by atoms with Gasteiger partial charge in [-0.2, -0.15) is 13.2 Å². The molecule has 0 amide bonds. The largest absolute Gasteiger partial charge is 0.495 e. The van der Waals surface area contributed by atoms with Crippen LogP contribution >= 0.6 is 11.6 Å².